The number of carbonyl (C=O) groups is 1. The Morgan fingerprint density at radius 3 is 2.68 bits per heavy atom. The summed E-state index contributed by atoms with van der Waals surface area (Å²) >= 11 is 0. The number of hydrogen-bond donors (Lipinski definition) is 0. The Balaban J connectivity index is 1.93. The van der Waals surface area contributed by atoms with Gasteiger partial charge in [0.15, 0.2) is 11.5 Å². The second kappa shape index (κ2) is 10.3. The van der Waals surface area contributed by atoms with Crippen LogP contribution in [-0.2, 0) is 16.0 Å². The maximum Gasteiger partial charge on any atom is 0.222 e. The van der Waals surface area contributed by atoms with Gasteiger partial charge in [-0.3, -0.25) is 4.79 Å². The van der Waals surface area contributed by atoms with Crippen LogP contribution < -0.4 is 9.47 Å². The molecule has 0 aromatic heterocycles. The molecule has 1 saturated heterocycles. The van der Waals surface area contributed by atoms with E-state index in [1.807, 2.05) is 12.1 Å². The van der Waals surface area contributed by atoms with Crippen molar-refractivity contribution in [1.29, 1.82) is 0 Å². The number of aryl methyl sites for hydroxylation is 1. The van der Waals surface area contributed by atoms with Gasteiger partial charge < -0.3 is 19.1 Å². The first-order valence-electron chi connectivity index (χ1n) is 9.19. The average Bonchev–Trinajstić information content (AvgIpc) is 2.66. The van der Waals surface area contributed by atoms with Crippen LogP contribution in [0.3, 0.4) is 0 Å². The smallest absolute Gasteiger partial charge is 0.222 e. The molecule has 0 spiro atoms. The van der Waals surface area contributed by atoms with E-state index in [0.29, 0.717) is 19.1 Å². The molecule has 1 aliphatic rings. The summed E-state index contributed by atoms with van der Waals surface area (Å²) in [6.45, 7) is 1.54. The highest BCUT2D eigenvalue weighted by Gasteiger charge is 2.26. The van der Waals surface area contributed by atoms with Crippen LogP contribution in [-0.4, -0.2) is 51.3 Å². The van der Waals surface area contributed by atoms with Gasteiger partial charge in [0.2, 0.25) is 5.91 Å². The largest absolute Gasteiger partial charge is 0.493 e. The fourth-order valence-electron chi connectivity index (χ4n) is 3.51. The standard InChI is InChI=1S/C20H31NO4/c1-23-14-6-8-20(22)21-13-5-4-7-17(21)11-9-16-10-12-18(24-2)19(15-16)25-3/h10,12,15,17H,4-9,11,13-14H2,1-3H3/t17-/m1/s1. The van der Waals surface area contributed by atoms with Gasteiger partial charge in [-0.15, -0.1) is 0 Å². The van der Waals surface area contributed by atoms with E-state index in [2.05, 4.69) is 11.0 Å². The van der Waals surface area contributed by atoms with Crippen molar-refractivity contribution in [2.75, 3.05) is 34.5 Å². The molecule has 1 amide bonds. The van der Waals surface area contributed by atoms with Crippen molar-refractivity contribution < 1.29 is 19.0 Å². The highest BCUT2D eigenvalue weighted by molar-refractivity contribution is 5.76. The molecule has 1 heterocycles. The Bertz CT molecular complexity index is 546. The number of amides is 1. The number of nitrogens with zero attached hydrogens (tertiary/aromatic N) is 1. The lowest BCUT2D eigenvalue weighted by Crippen LogP contribution is -2.44. The van der Waals surface area contributed by atoms with Crippen molar-refractivity contribution in [3.63, 3.8) is 0 Å². The van der Waals surface area contributed by atoms with E-state index in [1.165, 1.54) is 12.0 Å². The summed E-state index contributed by atoms with van der Waals surface area (Å²) < 4.78 is 15.7. The molecule has 1 aliphatic heterocycles. The van der Waals surface area contributed by atoms with E-state index in [0.717, 1.165) is 50.1 Å². The normalized spacial score (nSPS) is 17.4. The number of ether oxygens (including phenoxy) is 3. The third kappa shape index (κ3) is 5.63. The topological polar surface area (TPSA) is 48.0 Å². The average molecular weight is 349 g/mol. The van der Waals surface area contributed by atoms with Crippen molar-refractivity contribution in [1.82, 2.24) is 4.90 Å². The Morgan fingerprint density at radius 2 is 1.96 bits per heavy atom. The van der Waals surface area contributed by atoms with Crippen LogP contribution in [0, 0.1) is 0 Å². The molecule has 1 aromatic carbocycles. The van der Waals surface area contributed by atoms with Gasteiger partial charge in [0.05, 0.1) is 14.2 Å². The molecule has 5 nitrogen and oxygen atoms in total. The van der Waals surface area contributed by atoms with Crippen molar-refractivity contribution in [3.05, 3.63) is 23.8 Å². The third-order valence-corrected chi connectivity index (χ3v) is 4.90. The molecule has 0 N–H and O–H groups in total. The van der Waals surface area contributed by atoms with Crippen LogP contribution in [0.15, 0.2) is 18.2 Å². The summed E-state index contributed by atoms with van der Waals surface area (Å²) in [6, 6.07) is 6.40. The fourth-order valence-corrected chi connectivity index (χ4v) is 3.51. The molecule has 25 heavy (non-hydrogen) atoms. The molecule has 0 saturated carbocycles. The number of rotatable bonds is 9. The van der Waals surface area contributed by atoms with Crippen LogP contribution in [0.25, 0.3) is 0 Å². The predicted molar refractivity (Wildman–Crippen MR) is 98.3 cm³/mol. The molecule has 0 aliphatic carbocycles. The van der Waals surface area contributed by atoms with Crippen molar-refractivity contribution in [2.45, 2.75) is 51.0 Å². The first kappa shape index (κ1) is 19.6. The van der Waals surface area contributed by atoms with Gasteiger partial charge in [-0.1, -0.05) is 6.07 Å². The van der Waals surface area contributed by atoms with E-state index in [4.69, 9.17) is 14.2 Å². The molecule has 1 aromatic rings. The predicted octanol–water partition coefficient (Wildman–Crippen LogP) is 3.44. The van der Waals surface area contributed by atoms with Crippen LogP contribution >= 0.6 is 0 Å². The summed E-state index contributed by atoms with van der Waals surface area (Å²) in [5, 5.41) is 0. The highest BCUT2D eigenvalue weighted by Crippen LogP contribution is 2.29. The van der Waals surface area contributed by atoms with E-state index in [1.54, 1.807) is 21.3 Å². The van der Waals surface area contributed by atoms with Crippen molar-refractivity contribution in [2.24, 2.45) is 0 Å². The van der Waals surface area contributed by atoms with Gasteiger partial charge in [0, 0.05) is 32.7 Å². The molecule has 2 rings (SSSR count). The Kier molecular flexibility index (Phi) is 8.06. The highest BCUT2D eigenvalue weighted by atomic mass is 16.5. The summed E-state index contributed by atoms with van der Waals surface area (Å²) in [4.78, 5) is 14.6. The minimum atomic E-state index is 0.272. The van der Waals surface area contributed by atoms with E-state index < -0.39 is 0 Å². The lowest BCUT2D eigenvalue weighted by molar-refractivity contribution is -0.135. The monoisotopic (exact) mass is 349 g/mol. The second-order valence-corrected chi connectivity index (χ2v) is 6.56. The zero-order valence-corrected chi connectivity index (χ0v) is 15.8. The molecule has 0 radical (unpaired) electrons. The van der Waals surface area contributed by atoms with Crippen LogP contribution in [0.1, 0.15) is 44.1 Å². The summed E-state index contributed by atoms with van der Waals surface area (Å²) in [5.41, 5.74) is 1.22. The number of methoxy groups -OCH3 is 3. The molecule has 1 fully saturated rings. The summed E-state index contributed by atoms with van der Waals surface area (Å²) in [6.07, 6.45) is 6.73. The van der Waals surface area contributed by atoms with E-state index >= 15 is 0 Å². The second-order valence-electron chi connectivity index (χ2n) is 6.56. The first-order chi connectivity index (χ1) is 12.2. The van der Waals surface area contributed by atoms with E-state index in [9.17, 15) is 4.79 Å². The van der Waals surface area contributed by atoms with Gasteiger partial charge >= 0.3 is 0 Å². The molecular weight excluding hydrogens is 318 g/mol. The quantitative estimate of drug-likeness (QED) is 0.641. The summed E-state index contributed by atoms with van der Waals surface area (Å²) in [5.74, 6) is 1.78. The third-order valence-electron chi connectivity index (χ3n) is 4.90. The van der Waals surface area contributed by atoms with Crippen molar-refractivity contribution >= 4 is 5.91 Å². The maximum absolute atomic E-state index is 12.5. The zero-order chi connectivity index (χ0) is 18.1. The Hall–Kier alpha value is -1.75. The van der Waals surface area contributed by atoms with Gasteiger partial charge in [0.25, 0.3) is 0 Å². The number of likely N-dealkylation sites (tertiary alicyclic amines) is 1. The molecule has 0 bridgehead atoms. The van der Waals surface area contributed by atoms with Crippen LogP contribution in [0.2, 0.25) is 0 Å². The lowest BCUT2D eigenvalue weighted by atomic mass is 9.95. The molecule has 1 atom stereocenters. The van der Waals surface area contributed by atoms with E-state index in [-0.39, 0.29) is 5.91 Å². The van der Waals surface area contributed by atoms with Crippen molar-refractivity contribution in [3.8, 4) is 11.5 Å². The minimum absolute atomic E-state index is 0.272. The number of benzene rings is 1. The molecule has 5 heteroatoms. The van der Waals surface area contributed by atoms with Crippen LogP contribution in [0.4, 0.5) is 0 Å². The maximum atomic E-state index is 12.5. The first-order valence-corrected chi connectivity index (χ1v) is 9.19. The Labute approximate surface area is 151 Å². The summed E-state index contributed by atoms with van der Waals surface area (Å²) in [7, 11) is 4.98. The van der Waals surface area contributed by atoms with Crippen LogP contribution in [0.5, 0.6) is 11.5 Å². The SMILES string of the molecule is COCCCC(=O)N1CCCC[C@@H]1CCc1ccc(OC)c(OC)c1. The molecule has 140 valence electrons. The lowest BCUT2D eigenvalue weighted by Gasteiger charge is -2.36. The molecular formula is C20H31NO4. The zero-order valence-electron chi connectivity index (χ0n) is 15.8. The number of piperidine rings is 1. The molecule has 0 unspecified atom stereocenters. The number of carbonyl (C=O) groups excluding carboxylic acids is 1. The Morgan fingerprint density at radius 1 is 1.16 bits per heavy atom. The minimum Gasteiger partial charge on any atom is -0.493 e. The van der Waals surface area contributed by atoms with Gasteiger partial charge in [-0.05, 0) is 56.2 Å². The van der Waals surface area contributed by atoms with Gasteiger partial charge in [-0.25, -0.2) is 0 Å². The fraction of sp³-hybridized carbons (Fsp3) is 0.650. The number of hydrogen-bond acceptors (Lipinski definition) is 4. The van der Waals surface area contributed by atoms with Gasteiger partial charge in [0.1, 0.15) is 0 Å². The van der Waals surface area contributed by atoms with Gasteiger partial charge in [-0.2, -0.15) is 0 Å².